The summed E-state index contributed by atoms with van der Waals surface area (Å²) in [4.78, 5) is 40.4. The van der Waals surface area contributed by atoms with Gasteiger partial charge in [0.2, 0.25) is 6.79 Å². The molecule has 0 aliphatic carbocycles. The molecular formula is C37H38N3O5+. The van der Waals surface area contributed by atoms with Gasteiger partial charge in [-0.05, 0) is 93.8 Å². The lowest BCUT2D eigenvalue weighted by molar-refractivity contribution is -0.731. The summed E-state index contributed by atoms with van der Waals surface area (Å²) in [5.74, 6) is 1.05. The molecule has 6 rings (SSSR count). The highest BCUT2D eigenvalue weighted by molar-refractivity contribution is 6.32. The maximum atomic E-state index is 14.1. The number of hydrogen-bond donors (Lipinski definition) is 2. The van der Waals surface area contributed by atoms with Gasteiger partial charge in [0.1, 0.15) is 19.6 Å². The van der Waals surface area contributed by atoms with Crippen LogP contribution in [0.2, 0.25) is 0 Å². The summed E-state index contributed by atoms with van der Waals surface area (Å²) in [6.07, 6.45) is 1.82. The van der Waals surface area contributed by atoms with E-state index < -0.39 is 0 Å². The van der Waals surface area contributed by atoms with Gasteiger partial charge in [-0.25, -0.2) is 9.28 Å². The third kappa shape index (κ3) is 5.93. The molecule has 3 heterocycles. The smallest absolute Gasteiger partial charge is 0.346 e. The van der Waals surface area contributed by atoms with Crippen LogP contribution in [0.1, 0.15) is 67.7 Å². The van der Waals surface area contributed by atoms with Crippen molar-refractivity contribution >= 4 is 29.0 Å². The van der Waals surface area contributed by atoms with Crippen LogP contribution < -0.4 is 20.1 Å². The number of carbonyl (C=O) groups excluding carboxylic acids is 3. The van der Waals surface area contributed by atoms with Gasteiger partial charge in [0.15, 0.2) is 11.5 Å². The van der Waals surface area contributed by atoms with Crippen LogP contribution >= 0.6 is 0 Å². The van der Waals surface area contributed by atoms with Crippen molar-refractivity contribution in [1.82, 2.24) is 5.32 Å². The number of ether oxygens (including phenoxy) is 2. The zero-order chi connectivity index (χ0) is 31.9. The highest BCUT2D eigenvalue weighted by Crippen LogP contribution is 2.38. The molecule has 8 nitrogen and oxygen atoms in total. The fourth-order valence-corrected chi connectivity index (χ4v) is 6.03. The molecule has 0 saturated carbocycles. The molecule has 0 unspecified atom stereocenters. The summed E-state index contributed by atoms with van der Waals surface area (Å²) in [6, 6.07) is 20.7. The standard InChI is InChI=1S/C37H37N3O5/c1-22(2)34(37(43)40(15-16-40)20-26-11-14-32-33(18-26)45-21-44-32)24(4)23(3)17-30-29-19-28(12-13-31(29)39-36(30)42)35(41)38-25(5)27-9-7-6-8-10-27/h6-14,17-19,25H,15-16,20-21H2,1-5H3,(H-,38,39,41,42)/p+1/b24-23+,30-17-/t25-/m1/s1. The minimum atomic E-state index is -0.241. The normalized spacial score (nSPS) is 17.6. The number of benzene rings is 3. The number of fused-ring (bicyclic) bond motifs is 2. The highest BCUT2D eigenvalue weighted by atomic mass is 16.7. The Labute approximate surface area is 263 Å². The number of hydrogen-bond acceptors (Lipinski definition) is 5. The summed E-state index contributed by atoms with van der Waals surface area (Å²) in [5, 5.41) is 5.96. The lowest BCUT2D eigenvalue weighted by atomic mass is 9.94. The molecule has 3 aliphatic rings. The van der Waals surface area contributed by atoms with Gasteiger partial charge in [-0.3, -0.25) is 9.59 Å². The van der Waals surface area contributed by atoms with Gasteiger partial charge < -0.3 is 20.1 Å². The van der Waals surface area contributed by atoms with E-state index >= 15 is 0 Å². The average molecular weight is 605 g/mol. The Hall–Kier alpha value is -4.95. The molecule has 3 amide bonds. The summed E-state index contributed by atoms with van der Waals surface area (Å²) < 4.78 is 11.3. The molecule has 3 aromatic rings. The van der Waals surface area contributed by atoms with Crippen molar-refractivity contribution in [3.8, 4) is 11.5 Å². The molecule has 1 saturated heterocycles. The first-order chi connectivity index (χ1) is 21.6. The van der Waals surface area contributed by atoms with Gasteiger partial charge in [0.05, 0.1) is 11.6 Å². The van der Waals surface area contributed by atoms with Crippen molar-refractivity contribution in [3.63, 3.8) is 0 Å². The fraction of sp³-hybridized carbons (Fsp3) is 0.270. The molecule has 0 aromatic heterocycles. The molecule has 0 radical (unpaired) electrons. The zero-order valence-electron chi connectivity index (χ0n) is 26.3. The van der Waals surface area contributed by atoms with Gasteiger partial charge in [-0.15, -0.1) is 0 Å². The third-order valence-electron chi connectivity index (χ3n) is 8.87. The van der Waals surface area contributed by atoms with Crippen LogP contribution in [0.5, 0.6) is 11.5 Å². The van der Waals surface area contributed by atoms with Gasteiger partial charge in [0, 0.05) is 28.0 Å². The number of nitrogens with zero attached hydrogens (tertiary/aromatic N) is 1. The Bertz CT molecular complexity index is 1810. The van der Waals surface area contributed by atoms with Crippen LogP contribution in [-0.2, 0) is 16.1 Å². The third-order valence-corrected chi connectivity index (χ3v) is 8.87. The number of carbonyl (C=O) groups is 3. The van der Waals surface area contributed by atoms with Crippen LogP contribution in [0.15, 0.2) is 95.1 Å². The minimum absolute atomic E-state index is 0.0747. The van der Waals surface area contributed by atoms with E-state index in [0.29, 0.717) is 44.7 Å². The second-order valence-electron chi connectivity index (χ2n) is 12.3. The van der Waals surface area contributed by atoms with E-state index in [2.05, 4.69) is 10.6 Å². The summed E-state index contributed by atoms with van der Waals surface area (Å²) >= 11 is 0. The van der Waals surface area contributed by atoms with Gasteiger partial charge in [-0.1, -0.05) is 35.9 Å². The lowest BCUT2D eigenvalue weighted by Gasteiger charge is -2.20. The molecule has 3 aromatic carbocycles. The van der Waals surface area contributed by atoms with Crippen LogP contribution in [0, 0.1) is 0 Å². The first-order valence-corrected chi connectivity index (χ1v) is 15.2. The first-order valence-electron chi connectivity index (χ1n) is 15.2. The molecular weight excluding hydrogens is 566 g/mol. The Morgan fingerprint density at radius 3 is 2.40 bits per heavy atom. The maximum absolute atomic E-state index is 14.1. The molecule has 2 N–H and O–H groups in total. The van der Waals surface area contributed by atoms with E-state index in [4.69, 9.17) is 9.47 Å². The van der Waals surface area contributed by atoms with E-state index in [0.717, 1.165) is 46.7 Å². The van der Waals surface area contributed by atoms with E-state index in [-0.39, 0.29) is 30.6 Å². The number of nitrogens with one attached hydrogen (secondary N) is 2. The Balaban J connectivity index is 1.25. The Morgan fingerprint density at radius 2 is 1.69 bits per heavy atom. The topological polar surface area (TPSA) is 93.7 Å². The molecule has 0 spiro atoms. The molecule has 8 heteroatoms. The maximum Gasteiger partial charge on any atom is 0.346 e. The first kappa shape index (κ1) is 30.1. The molecule has 0 bridgehead atoms. The Kier molecular flexibility index (Phi) is 7.93. The number of anilines is 1. The van der Waals surface area contributed by atoms with Crippen molar-refractivity contribution in [1.29, 1.82) is 0 Å². The number of rotatable bonds is 8. The quantitative estimate of drug-likeness (QED) is 0.133. The van der Waals surface area contributed by atoms with E-state index in [1.807, 2.05) is 89.2 Å². The molecule has 1 atom stereocenters. The fourth-order valence-electron chi connectivity index (χ4n) is 6.03. The predicted molar refractivity (Wildman–Crippen MR) is 173 cm³/mol. The Morgan fingerprint density at radius 1 is 0.956 bits per heavy atom. The molecule has 1 fully saturated rings. The summed E-state index contributed by atoms with van der Waals surface area (Å²) in [5.41, 5.74) is 7.52. The number of amides is 3. The van der Waals surface area contributed by atoms with Crippen molar-refractivity contribution in [2.45, 2.75) is 47.2 Å². The second-order valence-corrected chi connectivity index (χ2v) is 12.3. The van der Waals surface area contributed by atoms with E-state index in [1.54, 1.807) is 18.2 Å². The van der Waals surface area contributed by atoms with Crippen LogP contribution in [-0.4, -0.2) is 42.1 Å². The van der Waals surface area contributed by atoms with Crippen molar-refractivity contribution in [2.24, 2.45) is 0 Å². The van der Waals surface area contributed by atoms with Gasteiger partial charge >= 0.3 is 5.91 Å². The van der Waals surface area contributed by atoms with Crippen LogP contribution in [0.3, 0.4) is 0 Å². The van der Waals surface area contributed by atoms with Crippen LogP contribution in [0.4, 0.5) is 5.69 Å². The van der Waals surface area contributed by atoms with Crippen molar-refractivity contribution in [2.75, 3.05) is 25.2 Å². The minimum Gasteiger partial charge on any atom is -0.454 e. The van der Waals surface area contributed by atoms with E-state index in [9.17, 15) is 14.4 Å². The number of quaternary nitrogens is 1. The van der Waals surface area contributed by atoms with Crippen LogP contribution in [0.25, 0.3) is 5.57 Å². The molecule has 230 valence electrons. The predicted octanol–water partition coefficient (Wildman–Crippen LogP) is 6.47. The zero-order valence-corrected chi connectivity index (χ0v) is 26.3. The average Bonchev–Trinajstić information content (AvgIpc) is 3.54. The van der Waals surface area contributed by atoms with Crippen molar-refractivity contribution < 1.29 is 28.3 Å². The number of allylic oxidation sites excluding steroid dienone is 3. The summed E-state index contributed by atoms with van der Waals surface area (Å²) in [6.45, 7) is 12.0. The largest absolute Gasteiger partial charge is 0.454 e. The second kappa shape index (κ2) is 11.9. The van der Waals surface area contributed by atoms with Gasteiger partial charge in [-0.2, -0.15) is 0 Å². The van der Waals surface area contributed by atoms with Gasteiger partial charge in [0.25, 0.3) is 11.8 Å². The molecule has 3 aliphatic heterocycles. The summed E-state index contributed by atoms with van der Waals surface area (Å²) in [7, 11) is 0. The monoisotopic (exact) mass is 604 g/mol. The highest BCUT2D eigenvalue weighted by Gasteiger charge is 2.51. The molecule has 45 heavy (non-hydrogen) atoms. The lowest BCUT2D eigenvalue weighted by Crippen LogP contribution is -2.35. The SMILES string of the molecule is CC(C)=C(C(=O)[N+]1(Cc2ccc3c(c2)OCO3)CC1)/C(C)=C(C)/C=C1\C(=O)Nc2ccc(C(=O)N[C@H](C)c3ccccc3)cc21. The van der Waals surface area contributed by atoms with Crippen molar-refractivity contribution in [3.05, 3.63) is 117 Å². The van der Waals surface area contributed by atoms with E-state index in [1.165, 1.54) is 0 Å².